The zero-order valence-corrected chi connectivity index (χ0v) is 13.7. The van der Waals surface area contributed by atoms with Gasteiger partial charge in [0.25, 0.3) is 0 Å². The quantitative estimate of drug-likeness (QED) is 0.867. The molecule has 1 aromatic carbocycles. The van der Waals surface area contributed by atoms with Crippen LogP contribution in [0.1, 0.15) is 31.2 Å². The van der Waals surface area contributed by atoms with Gasteiger partial charge in [0.2, 0.25) is 0 Å². The van der Waals surface area contributed by atoms with E-state index in [4.69, 9.17) is 5.73 Å². The molecule has 2 heterocycles. The molecule has 0 atom stereocenters. The highest BCUT2D eigenvalue weighted by Crippen LogP contribution is 2.32. The van der Waals surface area contributed by atoms with Gasteiger partial charge in [0, 0.05) is 18.8 Å². The summed E-state index contributed by atoms with van der Waals surface area (Å²) in [7, 11) is 0. The summed E-state index contributed by atoms with van der Waals surface area (Å²) < 4.78 is 37.9. The van der Waals surface area contributed by atoms with Gasteiger partial charge < -0.3 is 16.0 Å². The lowest BCUT2D eigenvalue weighted by Crippen LogP contribution is -2.26. The van der Waals surface area contributed by atoms with Gasteiger partial charge in [0.05, 0.1) is 5.56 Å². The lowest BCUT2D eigenvalue weighted by molar-refractivity contribution is -0.137. The number of nitrogens with two attached hydrogens (primary N) is 1. The number of alkyl halides is 3. The lowest BCUT2D eigenvalue weighted by atomic mass is 10.2. The Morgan fingerprint density at radius 2 is 1.60 bits per heavy atom. The Hall–Kier alpha value is -2.51. The molecule has 1 aliphatic heterocycles. The average molecular weight is 351 g/mol. The summed E-state index contributed by atoms with van der Waals surface area (Å²) in [5.41, 5.74) is 6.40. The molecule has 3 rings (SSSR count). The maximum atomic E-state index is 12.6. The summed E-state index contributed by atoms with van der Waals surface area (Å²) in [5.74, 6) is 1.07. The topological polar surface area (TPSA) is 67.1 Å². The molecule has 3 N–H and O–H groups in total. The van der Waals surface area contributed by atoms with E-state index in [0.29, 0.717) is 23.0 Å². The molecule has 0 saturated carbocycles. The van der Waals surface area contributed by atoms with Gasteiger partial charge in [-0.25, -0.2) is 9.97 Å². The molecule has 1 aliphatic rings. The summed E-state index contributed by atoms with van der Waals surface area (Å²) in [4.78, 5) is 10.6. The second-order valence-corrected chi connectivity index (χ2v) is 6.06. The van der Waals surface area contributed by atoms with Gasteiger partial charge in [0.15, 0.2) is 11.6 Å². The molecule has 25 heavy (non-hydrogen) atoms. The number of nitrogen functional groups attached to an aromatic ring is 1. The highest BCUT2D eigenvalue weighted by molar-refractivity contribution is 5.78. The van der Waals surface area contributed by atoms with Crippen LogP contribution in [-0.2, 0) is 6.18 Å². The zero-order valence-electron chi connectivity index (χ0n) is 13.7. The van der Waals surface area contributed by atoms with Gasteiger partial charge in [0.1, 0.15) is 12.0 Å². The van der Waals surface area contributed by atoms with E-state index in [1.54, 1.807) is 0 Å². The highest BCUT2D eigenvalue weighted by Gasteiger charge is 2.30. The van der Waals surface area contributed by atoms with Crippen LogP contribution < -0.4 is 16.0 Å². The molecule has 0 aliphatic carbocycles. The van der Waals surface area contributed by atoms with Crippen molar-refractivity contribution in [2.45, 2.75) is 31.9 Å². The van der Waals surface area contributed by atoms with Crippen molar-refractivity contribution in [1.82, 2.24) is 9.97 Å². The van der Waals surface area contributed by atoms with E-state index in [1.807, 2.05) is 0 Å². The summed E-state index contributed by atoms with van der Waals surface area (Å²) in [6.45, 7) is 1.78. The number of nitrogens with zero attached hydrogens (tertiary/aromatic N) is 3. The van der Waals surface area contributed by atoms with Gasteiger partial charge in [-0.05, 0) is 37.1 Å². The van der Waals surface area contributed by atoms with E-state index in [-0.39, 0.29) is 0 Å². The van der Waals surface area contributed by atoms with Crippen LogP contribution in [0, 0.1) is 0 Å². The first-order valence-corrected chi connectivity index (χ1v) is 8.25. The van der Waals surface area contributed by atoms with E-state index in [9.17, 15) is 13.2 Å². The van der Waals surface area contributed by atoms with Crippen LogP contribution in [-0.4, -0.2) is 23.1 Å². The van der Waals surface area contributed by atoms with E-state index >= 15 is 0 Å². The molecule has 2 aromatic rings. The Morgan fingerprint density at radius 1 is 0.960 bits per heavy atom. The Labute approximate surface area is 144 Å². The Balaban J connectivity index is 1.80. The normalized spacial score (nSPS) is 15.7. The fraction of sp³-hybridized carbons (Fsp3) is 0.412. The van der Waals surface area contributed by atoms with Crippen molar-refractivity contribution in [1.29, 1.82) is 0 Å². The van der Waals surface area contributed by atoms with Gasteiger partial charge in [-0.2, -0.15) is 13.2 Å². The van der Waals surface area contributed by atoms with Gasteiger partial charge >= 0.3 is 6.18 Å². The predicted octanol–water partition coefficient (Wildman–Crippen LogP) is 4.20. The Morgan fingerprint density at radius 3 is 2.20 bits per heavy atom. The largest absolute Gasteiger partial charge is 0.416 e. The van der Waals surface area contributed by atoms with Crippen LogP contribution in [0.4, 0.5) is 36.2 Å². The predicted molar refractivity (Wildman–Crippen MR) is 91.9 cm³/mol. The lowest BCUT2D eigenvalue weighted by Gasteiger charge is -2.23. The van der Waals surface area contributed by atoms with Crippen molar-refractivity contribution in [3.8, 4) is 0 Å². The zero-order chi connectivity index (χ0) is 17.9. The number of nitrogens with one attached hydrogen (secondary N) is 1. The molecule has 1 aromatic heterocycles. The molecule has 5 nitrogen and oxygen atoms in total. The van der Waals surface area contributed by atoms with Crippen molar-refractivity contribution >= 4 is 23.0 Å². The van der Waals surface area contributed by atoms with Crippen molar-refractivity contribution in [3.05, 3.63) is 36.2 Å². The van der Waals surface area contributed by atoms with Crippen molar-refractivity contribution < 1.29 is 13.2 Å². The first-order chi connectivity index (χ1) is 11.9. The highest BCUT2D eigenvalue weighted by atomic mass is 19.4. The molecule has 1 saturated heterocycles. The molecule has 0 radical (unpaired) electrons. The fourth-order valence-electron chi connectivity index (χ4n) is 2.90. The van der Waals surface area contributed by atoms with Crippen molar-refractivity contribution in [3.63, 3.8) is 0 Å². The SMILES string of the molecule is Nc1c(Nc2ccc(C(F)(F)F)cc2)ncnc1N1CCCCCC1. The number of aromatic nitrogens is 2. The summed E-state index contributed by atoms with van der Waals surface area (Å²) in [5, 5.41) is 2.98. The third-order valence-electron chi connectivity index (χ3n) is 4.24. The van der Waals surface area contributed by atoms with Gasteiger partial charge in [-0.3, -0.25) is 0 Å². The smallest absolute Gasteiger partial charge is 0.393 e. The molecule has 134 valence electrons. The minimum atomic E-state index is -4.35. The van der Waals surface area contributed by atoms with Gasteiger partial charge in [-0.15, -0.1) is 0 Å². The van der Waals surface area contributed by atoms with E-state index in [0.717, 1.165) is 38.1 Å². The Kier molecular flexibility index (Phi) is 4.96. The molecule has 0 amide bonds. The maximum absolute atomic E-state index is 12.6. The minimum absolute atomic E-state index is 0.397. The van der Waals surface area contributed by atoms with Crippen LogP contribution in [0.3, 0.4) is 0 Å². The molecule has 8 heteroatoms. The molecule has 0 unspecified atom stereocenters. The summed E-state index contributed by atoms with van der Waals surface area (Å²) in [6.07, 6.45) is 1.63. The van der Waals surface area contributed by atoms with Crippen LogP contribution in [0.15, 0.2) is 30.6 Å². The minimum Gasteiger partial charge on any atom is -0.393 e. The number of hydrogen-bond donors (Lipinski definition) is 2. The van der Waals surface area contributed by atoms with Crippen LogP contribution in [0.25, 0.3) is 0 Å². The van der Waals surface area contributed by atoms with Crippen molar-refractivity contribution in [2.24, 2.45) is 0 Å². The third kappa shape index (κ3) is 4.12. The second kappa shape index (κ2) is 7.16. The number of rotatable bonds is 3. The average Bonchev–Trinajstić information content (AvgIpc) is 2.86. The molecular formula is C17H20F3N5. The molecule has 0 spiro atoms. The van der Waals surface area contributed by atoms with E-state index in [2.05, 4.69) is 20.2 Å². The first-order valence-electron chi connectivity index (χ1n) is 8.25. The molecular weight excluding hydrogens is 331 g/mol. The molecule has 0 bridgehead atoms. The second-order valence-electron chi connectivity index (χ2n) is 6.06. The number of benzene rings is 1. The maximum Gasteiger partial charge on any atom is 0.416 e. The third-order valence-corrected chi connectivity index (χ3v) is 4.24. The summed E-state index contributed by atoms with van der Waals surface area (Å²) >= 11 is 0. The van der Waals surface area contributed by atoms with E-state index in [1.165, 1.54) is 31.3 Å². The number of anilines is 4. The fourth-order valence-corrected chi connectivity index (χ4v) is 2.90. The van der Waals surface area contributed by atoms with E-state index < -0.39 is 11.7 Å². The standard InChI is InChI=1S/C17H20F3N5/c18-17(19,20)12-5-7-13(8-6-12)24-15-14(21)16(23-11-22-15)25-9-3-1-2-4-10-25/h5-8,11H,1-4,9-10,21H2,(H,22,23,24). The first kappa shape index (κ1) is 17.3. The van der Waals surface area contributed by atoms with Crippen molar-refractivity contribution in [2.75, 3.05) is 29.0 Å². The van der Waals surface area contributed by atoms with Crippen LogP contribution in [0.2, 0.25) is 0 Å². The van der Waals surface area contributed by atoms with Crippen LogP contribution in [0.5, 0.6) is 0 Å². The monoisotopic (exact) mass is 351 g/mol. The Bertz CT molecular complexity index is 707. The molecule has 1 fully saturated rings. The summed E-state index contributed by atoms with van der Waals surface area (Å²) in [6, 6.07) is 4.76. The number of hydrogen-bond acceptors (Lipinski definition) is 5. The van der Waals surface area contributed by atoms with Crippen LogP contribution >= 0.6 is 0 Å². The number of halogens is 3. The van der Waals surface area contributed by atoms with Gasteiger partial charge in [-0.1, -0.05) is 12.8 Å².